The van der Waals surface area contributed by atoms with E-state index in [0.717, 1.165) is 5.75 Å². The third kappa shape index (κ3) is 3.34. The molecule has 116 valence electrons. The van der Waals surface area contributed by atoms with Gasteiger partial charge in [0.15, 0.2) is 0 Å². The summed E-state index contributed by atoms with van der Waals surface area (Å²) in [6.45, 7) is 0.781. The van der Waals surface area contributed by atoms with E-state index in [0.29, 0.717) is 29.9 Å². The summed E-state index contributed by atoms with van der Waals surface area (Å²) in [5.41, 5.74) is 1.33. The van der Waals surface area contributed by atoms with Crippen molar-refractivity contribution in [3.63, 3.8) is 0 Å². The standard InChI is InChI=1S/C16H14N4O3/c21-20(22)14-11-19-13-7-4-8-17-15(13)16(14)18-9-10-23-12-5-2-1-3-6-12/h1-8,11H,9-10H2,(H,18,19). The third-order valence-electron chi connectivity index (χ3n) is 3.22. The van der Waals surface area contributed by atoms with Crippen molar-refractivity contribution in [3.8, 4) is 5.75 Å². The van der Waals surface area contributed by atoms with Crippen LogP contribution in [-0.2, 0) is 0 Å². The summed E-state index contributed by atoms with van der Waals surface area (Å²) in [6, 6.07) is 12.9. The molecule has 0 bridgehead atoms. The molecule has 0 amide bonds. The molecule has 2 heterocycles. The highest BCUT2D eigenvalue weighted by Crippen LogP contribution is 2.29. The van der Waals surface area contributed by atoms with Crippen LogP contribution in [0.2, 0.25) is 0 Å². The SMILES string of the molecule is O=[N+]([O-])c1cnc2cccnc2c1NCCOc1ccccc1. The minimum atomic E-state index is -0.471. The fraction of sp³-hybridized carbons (Fsp3) is 0.125. The molecular formula is C16H14N4O3. The summed E-state index contributed by atoms with van der Waals surface area (Å²) in [5.74, 6) is 0.751. The fourth-order valence-corrected chi connectivity index (χ4v) is 2.18. The predicted molar refractivity (Wildman–Crippen MR) is 86.6 cm³/mol. The molecule has 3 rings (SSSR count). The number of anilines is 1. The summed E-state index contributed by atoms with van der Waals surface area (Å²) in [4.78, 5) is 19.0. The lowest BCUT2D eigenvalue weighted by atomic mass is 10.2. The summed E-state index contributed by atoms with van der Waals surface area (Å²) in [5, 5.41) is 14.2. The zero-order valence-corrected chi connectivity index (χ0v) is 12.2. The minimum Gasteiger partial charge on any atom is -0.492 e. The highest BCUT2D eigenvalue weighted by molar-refractivity contribution is 5.92. The van der Waals surface area contributed by atoms with Crippen molar-refractivity contribution >= 4 is 22.4 Å². The van der Waals surface area contributed by atoms with Gasteiger partial charge in [0.1, 0.15) is 29.8 Å². The van der Waals surface area contributed by atoms with Crippen LogP contribution in [0.15, 0.2) is 54.9 Å². The number of nitro groups is 1. The summed E-state index contributed by atoms with van der Waals surface area (Å²) in [6.07, 6.45) is 2.82. The summed E-state index contributed by atoms with van der Waals surface area (Å²) < 4.78 is 5.57. The van der Waals surface area contributed by atoms with Crippen molar-refractivity contribution in [3.05, 3.63) is 65.0 Å². The fourth-order valence-electron chi connectivity index (χ4n) is 2.18. The number of hydrogen-bond acceptors (Lipinski definition) is 6. The molecule has 0 fully saturated rings. The van der Waals surface area contributed by atoms with Gasteiger partial charge in [0.25, 0.3) is 0 Å². The Morgan fingerprint density at radius 3 is 2.74 bits per heavy atom. The first kappa shape index (κ1) is 14.7. The van der Waals surface area contributed by atoms with Crippen LogP contribution in [0.25, 0.3) is 11.0 Å². The van der Waals surface area contributed by atoms with Crippen molar-refractivity contribution in [2.75, 3.05) is 18.5 Å². The zero-order chi connectivity index (χ0) is 16.1. The molecule has 7 nitrogen and oxygen atoms in total. The number of nitrogens with zero attached hydrogens (tertiary/aromatic N) is 3. The van der Waals surface area contributed by atoms with Gasteiger partial charge in [-0.05, 0) is 24.3 Å². The van der Waals surface area contributed by atoms with E-state index in [4.69, 9.17) is 4.74 Å². The van der Waals surface area contributed by atoms with Gasteiger partial charge in [-0.2, -0.15) is 0 Å². The molecule has 0 saturated heterocycles. The number of fused-ring (bicyclic) bond motifs is 1. The third-order valence-corrected chi connectivity index (χ3v) is 3.22. The molecule has 0 aliphatic carbocycles. The van der Waals surface area contributed by atoms with E-state index in [9.17, 15) is 10.1 Å². The Morgan fingerprint density at radius 1 is 1.13 bits per heavy atom. The van der Waals surface area contributed by atoms with E-state index in [2.05, 4.69) is 15.3 Å². The summed E-state index contributed by atoms with van der Waals surface area (Å²) in [7, 11) is 0. The van der Waals surface area contributed by atoms with Gasteiger partial charge >= 0.3 is 5.69 Å². The first-order valence-electron chi connectivity index (χ1n) is 7.05. The molecule has 1 aromatic carbocycles. The van der Waals surface area contributed by atoms with E-state index in [1.54, 1.807) is 18.3 Å². The topological polar surface area (TPSA) is 90.2 Å². The Kier molecular flexibility index (Phi) is 4.28. The molecule has 0 radical (unpaired) electrons. The van der Waals surface area contributed by atoms with Gasteiger partial charge in [0, 0.05) is 12.7 Å². The van der Waals surface area contributed by atoms with Crippen molar-refractivity contribution in [2.24, 2.45) is 0 Å². The van der Waals surface area contributed by atoms with Crippen LogP contribution in [0.3, 0.4) is 0 Å². The van der Waals surface area contributed by atoms with Crippen LogP contribution >= 0.6 is 0 Å². The number of pyridine rings is 2. The number of nitrogens with one attached hydrogen (secondary N) is 1. The molecule has 2 aromatic heterocycles. The van der Waals surface area contributed by atoms with Crippen molar-refractivity contribution in [1.82, 2.24) is 9.97 Å². The Bertz CT molecular complexity index is 824. The van der Waals surface area contributed by atoms with Crippen molar-refractivity contribution < 1.29 is 9.66 Å². The predicted octanol–water partition coefficient (Wildman–Crippen LogP) is 3.03. The molecule has 0 spiro atoms. The van der Waals surface area contributed by atoms with Crippen LogP contribution in [0.1, 0.15) is 0 Å². The number of rotatable bonds is 6. The van der Waals surface area contributed by atoms with E-state index < -0.39 is 4.92 Å². The zero-order valence-electron chi connectivity index (χ0n) is 12.2. The molecule has 23 heavy (non-hydrogen) atoms. The molecule has 0 aliphatic heterocycles. The monoisotopic (exact) mass is 310 g/mol. The number of para-hydroxylation sites is 1. The second kappa shape index (κ2) is 6.69. The van der Waals surface area contributed by atoms with Gasteiger partial charge in [0.2, 0.25) is 0 Å². The first-order chi connectivity index (χ1) is 11.3. The molecular weight excluding hydrogens is 296 g/mol. The number of benzene rings is 1. The van der Waals surface area contributed by atoms with Crippen LogP contribution in [0, 0.1) is 10.1 Å². The van der Waals surface area contributed by atoms with Gasteiger partial charge in [0.05, 0.1) is 10.4 Å². The Hall–Kier alpha value is -3.22. The quantitative estimate of drug-likeness (QED) is 0.427. The van der Waals surface area contributed by atoms with E-state index in [1.165, 1.54) is 6.20 Å². The second-order valence-electron chi connectivity index (χ2n) is 4.73. The van der Waals surface area contributed by atoms with Gasteiger partial charge in [-0.3, -0.25) is 15.1 Å². The maximum Gasteiger partial charge on any atom is 0.312 e. The maximum atomic E-state index is 11.2. The lowest BCUT2D eigenvalue weighted by Gasteiger charge is -2.10. The Labute approximate surface area is 132 Å². The molecule has 7 heteroatoms. The normalized spacial score (nSPS) is 10.4. The average Bonchev–Trinajstić information content (AvgIpc) is 2.59. The van der Waals surface area contributed by atoms with Gasteiger partial charge in [-0.1, -0.05) is 18.2 Å². The van der Waals surface area contributed by atoms with Gasteiger partial charge in [-0.15, -0.1) is 0 Å². The smallest absolute Gasteiger partial charge is 0.312 e. The molecule has 0 aliphatic rings. The molecule has 0 saturated carbocycles. The van der Waals surface area contributed by atoms with Crippen LogP contribution in [0.5, 0.6) is 5.75 Å². The van der Waals surface area contributed by atoms with E-state index in [1.807, 2.05) is 30.3 Å². The number of ether oxygens (including phenoxy) is 1. The highest BCUT2D eigenvalue weighted by atomic mass is 16.6. The lowest BCUT2D eigenvalue weighted by Crippen LogP contribution is -2.13. The number of hydrogen-bond donors (Lipinski definition) is 1. The molecule has 3 aromatic rings. The summed E-state index contributed by atoms with van der Waals surface area (Å²) >= 11 is 0. The minimum absolute atomic E-state index is 0.101. The maximum absolute atomic E-state index is 11.2. The van der Waals surface area contributed by atoms with Crippen molar-refractivity contribution in [1.29, 1.82) is 0 Å². The first-order valence-corrected chi connectivity index (χ1v) is 7.05. The Balaban J connectivity index is 1.76. The molecule has 0 unspecified atom stereocenters. The van der Waals surface area contributed by atoms with Crippen LogP contribution < -0.4 is 10.1 Å². The highest BCUT2D eigenvalue weighted by Gasteiger charge is 2.18. The van der Waals surface area contributed by atoms with Gasteiger partial charge in [-0.25, -0.2) is 4.98 Å². The molecule has 0 atom stereocenters. The largest absolute Gasteiger partial charge is 0.492 e. The second-order valence-corrected chi connectivity index (χ2v) is 4.73. The molecule has 1 N–H and O–H groups in total. The number of aromatic nitrogens is 2. The lowest BCUT2D eigenvalue weighted by molar-refractivity contribution is -0.384. The van der Waals surface area contributed by atoms with Crippen molar-refractivity contribution in [2.45, 2.75) is 0 Å². The Morgan fingerprint density at radius 2 is 1.96 bits per heavy atom. The van der Waals surface area contributed by atoms with Crippen LogP contribution in [-0.4, -0.2) is 28.0 Å². The average molecular weight is 310 g/mol. The van der Waals surface area contributed by atoms with E-state index in [-0.39, 0.29) is 5.69 Å². The van der Waals surface area contributed by atoms with E-state index >= 15 is 0 Å². The van der Waals surface area contributed by atoms with Gasteiger partial charge < -0.3 is 10.1 Å². The van der Waals surface area contributed by atoms with Crippen LogP contribution in [0.4, 0.5) is 11.4 Å².